The number of fused-ring (bicyclic) bond motifs is 3. The molecule has 3 aliphatic heterocycles. The zero-order valence-corrected chi connectivity index (χ0v) is 12.4. The summed E-state index contributed by atoms with van der Waals surface area (Å²) in [5, 5.41) is 2.94. The van der Waals surface area contributed by atoms with Gasteiger partial charge in [-0.3, -0.25) is 4.79 Å². The van der Waals surface area contributed by atoms with Crippen LogP contribution in [0.4, 0.5) is 5.69 Å². The smallest absolute Gasteiger partial charge is 0.231 e. The van der Waals surface area contributed by atoms with Crippen LogP contribution in [0.1, 0.15) is 29.0 Å². The highest BCUT2D eigenvalue weighted by Crippen LogP contribution is 2.45. The summed E-state index contributed by atoms with van der Waals surface area (Å²) in [6.45, 7) is 0.965. The molecule has 3 aliphatic rings. The first-order valence-corrected chi connectivity index (χ1v) is 7.77. The van der Waals surface area contributed by atoms with Crippen LogP contribution in [0.3, 0.4) is 0 Å². The minimum Gasteiger partial charge on any atom is -0.493 e. The number of carbonyl (C=O) groups excluding carboxylic acids is 1. The molecule has 0 spiro atoms. The van der Waals surface area contributed by atoms with Crippen LogP contribution in [-0.4, -0.2) is 19.3 Å². The molecule has 1 amide bonds. The maximum atomic E-state index is 12.1. The van der Waals surface area contributed by atoms with Crippen molar-refractivity contribution in [3.8, 4) is 17.2 Å². The van der Waals surface area contributed by atoms with Crippen LogP contribution in [0.5, 0.6) is 17.2 Å². The lowest BCUT2D eigenvalue weighted by molar-refractivity contribution is -0.116. The summed E-state index contributed by atoms with van der Waals surface area (Å²) in [4.78, 5) is 12.1. The largest absolute Gasteiger partial charge is 0.493 e. The van der Waals surface area contributed by atoms with E-state index >= 15 is 0 Å². The Hall–Kier alpha value is -2.69. The van der Waals surface area contributed by atoms with Gasteiger partial charge < -0.3 is 19.5 Å². The average molecular weight is 309 g/mol. The van der Waals surface area contributed by atoms with Gasteiger partial charge >= 0.3 is 0 Å². The topological polar surface area (TPSA) is 56.8 Å². The van der Waals surface area contributed by atoms with Crippen molar-refractivity contribution < 1.29 is 19.0 Å². The summed E-state index contributed by atoms with van der Waals surface area (Å²) in [6, 6.07) is 10.1. The Balaban J connectivity index is 1.63. The molecule has 0 bridgehead atoms. The van der Waals surface area contributed by atoms with E-state index in [-0.39, 0.29) is 18.6 Å². The van der Waals surface area contributed by atoms with Crippen LogP contribution in [-0.2, 0) is 11.2 Å². The van der Waals surface area contributed by atoms with E-state index in [2.05, 4.69) is 17.4 Å². The van der Waals surface area contributed by atoms with E-state index in [0.717, 1.165) is 41.3 Å². The number of rotatable bonds is 1. The first kappa shape index (κ1) is 12.8. The second-order valence-electron chi connectivity index (χ2n) is 6.06. The summed E-state index contributed by atoms with van der Waals surface area (Å²) in [5.41, 5.74) is 4.25. The highest BCUT2D eigenvalue weighted by Gasteiger charge is 2.30. The van der Waals surface area contributed by atoms with Crippen molar-refractivity contribution in [2.45, 2.75) is 18.8 Å². The molecule has 0 aliphatic carbocycles. The lowest BCUT2D eigenvalue weighted by Crippen LogP contribution is -2.23. The van der Waals surface area contributed by atoms with Crippen molar-refractivity contribution in [2.24, 2.45) is 0 Å². The van der Waals surface area contributed by atoms with Crippen molar-refractivity contribution in [1.82, 2.24) is 0 Å². The summed E-state index contributed by atoms with van der Waals surface area (Å²) in [5.74, 6) is 2.44. The Morgan fingerprint density at radius 3 is 2.78 bits per heavy atom. The molecule has 2 aromatic rings. The predicted octanol–water partition coefficient (Wildman–Crippen LogP) is 2.82. The summed E-state index contributed by atoms with van der Waals surface area (Å²) >= 11 is 0. The zero-order valence-electron chi connectivity index (χ0n) is 12.4. The molecule has 2 aromatic carbocycles. The molecule has 0 saturated carbocycles. The number of nitrogens with one attached hydrogen (secondary N) is 1. The Labute approximate surface area is 133 Å². The second kappa shape index (κ2) is 4.65. The minimum absolute atomic E-state index is 0.0260. The quantitative estimate of drug-likeness (QED) is 0.880. The van der Waals surface area contributed by atoms with Crippen molar-refractivity contribution in [1.29, 1.82) is 0 Å². The Bertz CT molecular complexity index is 830. The number of amides is 1. The van der Waals surface area contributed by atoms with Gasteiger partial charge in [0.25, 0.3) is 0 Å². The van der Waals surface area contributed by atoms with Crippen molar-refractivity contribution in [3.63, 3.8) is 0 Å². The standard InChI is InChI=1S/C18H15NO4/c20-18-7-12(10-1-2-15-11(5-10)3-4-21-15)13-6-16-17(23-9-22-16)8-14(13)19-18/h1-2,5-6,8,12H,3-4,7,9H2,(H,19,20). The zero-order chi connectivity index (χ0) is 15.4. The monoisotopic (exact) mass is 309 g/mol. The van der Waals surface area contributed by atoms with Crippen LogP contribution in [0.25, 0.3) is 0 Å². The summed E-state index contributed by atoms with van der Waals surface area (Å²) in [7, 11) is 0. The van der Waals surface area contributed by atoms with Gasteiger partial charge in [-0.25, -0.2) is 0 Å². The third-order valence-corrected chi connectivity index (χ3v) is 4.70. The second-order valence-corrected chi connectivity index (χ2v) is 6.06. The van der Waals surface area contributed by atoms with Crippen molar-refractivity contribution in [3.05, 3.63) is 47.0 Å². The predicted molar refractivity (Wildman–Crippen MR) is 83.3 cm³/mol. The van der Waals surface area contributed by atoms with E-state index in [1.807, 2.05) is 18.2 Å². The van der Waals surface area contributed by atoms with Crippen molar-refractivity contribution >= 4 is 11.6 Å². The lowest BCUT2D eigenvalue weighted by atomic mass is 9.84. The minimum atomic E-state index is 0.0260. The molecule has 0 saturated heterocycles. The lowest BCUT2D eigenvalue weighted by Gasteiger charge is -2.26. The fraction of sp³-hybridized carbons (Fsp3) is 0.278. The van der Waals surface area contributed by atoms with Crippen LogP contribution >= 0.6 is 0 Å². The first-order valence-electron chi connectivity index (χ1n) is 7.77. The number of anilines is 1. The van der Waals surface area contributed by atoms with Gasteiger partial charge in [0.1, 0.15) is 5.75 Å². The molecule has 23 heavy (non-hydrogen) atoms. The van der Waals surface area contributed by atoms with E-state index in [1.54, 1.807) is 0 Å². The maximum Gasteiger partial charge on any atom is 0.231 e. The van der Waals surface area contributed by atoms with Crippen LogP contribution < -0.4 is 19.5 Å². The Kier molecular flexibility index (Phi) is 2.59. The molecule has 116 valence electrons. The van der Waals surface area contributed by atoms with Gasteiger partial charge in [-0.05, 0) is 28.8 Å². The number of ether oxygens (including phenoxy) is 3. The molecule has 5 rings (SSSR count). The van der Waals surface area contributed by atoms with E-state index in [9.17, 15) is 4.79 Å². The molecule has 0 fully saturated rings. The van der Waals surface area contributed by atoms with E-state index in [1.165, 1.54) is 5.56 Å². The number of hydrogen-bond donors (Lipinski definition) is 1. The summed E-state index contributed by atoms with van der Waals surface area (Å²) < 4.78 is 16.5. The van der Waals surface area contributed by atoms with Gasteiger partial charge in [-0.15, -0.1) is 0 Å². The van der Waals surface area contributed by atoms with Crippen LogP contribution in [0, 0.1) is 0 Å². The molecular formula is C18H15NO4. The molecular weight excluding hydrogens is 294 g/mol. The van der Waals surface area contributed by atoms with E-state index in [4.69, 9.17) is 14.2 Å². The number of hydrogen-bond acceptors (Lipinski definition) is 4. The van der Waals surface area contributed by atoms with Gasteiger partial charge in [-0.2, -0.15) is 0 Å². The van der Waals surface area contributed by atoms with Gasteiger partial charge in [0.2, 0.25) is 12.7 Å². The van der Waals surface area contributed by atoms with Crippen LogP contribution in [0.2, 0.25) is 0 Å². The highest BCUT2D eigenvalue weighted by molar-refractivity contribution is 5.96. The Morgan fingerprint density at radius 1 is 1.00 bits per heavy atom. The van der Waals surface area contributed by atoms with E-state index < -0.39 is 0 Å². The molecule has 1 atom stereocenters. The fourth-order valence-electron chi connectivity index (χ4n) is 3.57. The molecule has 0 radical (unpaired) electrons. The molecule has 3 heterocycles. The SMILES string of the molecule is O=C1CC(c2ccc3c(c2)CCO3)c2cc3c(cc2N1)OCO3. The highest BCUT2D eigenvalue weighted by atomic mass is 16.7. The normalized spacial score (nSPS) is 20.5. The molecule has 0 aromatic heterocycles. The van der Waals surface area contributed by atoms with Crippen LogP contribution in [0.15, 0.2) is 30.3 Å². The molecule has 5 nitrogen and oxygen atoms in total. The first-order chi connectivity index (χ1) is 11.3. The van der Waals surface area contributed by atoms with Gasteiger partial charge in [0.15, 0.2) is 11.5 Å². The number of carbonyl (C=O) groups is 1. The molecule has 1 N–H and O–H groups in total. The molecule has 1 unspecified atom stereocenters. The third kappa shape index (κ3) is 1.96. The average Bonchev–Trinajstić information content (AvgIpc) is 3.19. The fourth-order valence-corrected chi connectivity index (χ4v) is 3.57. The van der Waals surface area contributed by atoms with Crippen molar-refractivity contribution in [2.75, 3.05) is 18.7 Å². The molecule has 5 heteroatoms. The third-order valence-electron chi connectivity index (χ3n) is 4.70. The Morgan fingerprint density at radius 2 is 1.87 bits per heavy atom. The van der Waals surface area contributed by atoms with Gasteiger partial charge in [-0.1, -0.05) is 12.1 Å². The maximum absolute atomic E-state index is 12.1. The number of benzene rings is 2. The van der Waals surface area contributed by atoms with E-state index in [0.29, 0.717) is 12.2 Å². The van der Waals surface area contributed by atoms with Gasteiger partial charge in [0, 0.05) is 30.5 Å². The summed E-state index contributed by atoms with van der Waals surface area (Å²) in [6.07, 6.45) is 1.36. The van der Waals surface area contributed by atoms with Gasteiger partial charge in [0.05, 0.1) is 6.61 Å².